The lowest BCUT2D eigenvalue weighted by atomic mass is 10.1. The number of anilines is 1. The Morgan fingerprint density at radius 3 is 2.38 bits per heavy atom. The van der Waals surface area contributed by atoms with E-state index in [1.807, 2.05) is 62.4 Å². The Bertz CT molecular complexity index is 1300. The van der Waals surface area contributed by atoms with Crippen LogP contribution in [0.4, 0.5) is 10.1 Å². The van der Waals surface area contributed by atoms with Gasteiger partial charge in [-0.15, -0.1) is 0 Å². The van der Waals surface area contributed by atoms with Gasteiger partial charge in [-0.2, -0.15) is 0 Å². The Balaban J connectivity index is 1.62. The van der Waals surface area contributed by atoms with Crippen molar-refractivity contribution in [2.24, 2.45) is 0 Å². The first-order valence-electron chi connectivity index (χ1n) is 10.5. The molecule has 4 aromatic rings. The lowest BCUT2D eigenvalue weighted by Crippen LogP contribution is -2.09. The summed E-state index contributed by atoms with van der Waals surface area (Å²) < 4.78 is 11.8. The molecule has 2 heterocycles. The highest BCUT2D eigenvalue weighted by Gasteiger charge is 2.20. The summed E-state index contributed by atoms with van der Waals surface area (Å²) in [6.07, 6.45) is 0.916. The number of nitro groups is 1. The number of benzene rings is 2. The van der Waals surface area contributed by atoms with Crippen molar-refractivity contribution in [3.63, 3.8) is 0 Å². The van der Waals surface area contributed by atoms with E-state index >= 15 is 0 Å². The summed E-state index contributed by atoms with van der Waals surface area (Å²) in [6, 6.07) is 17.8. The molecular formula is C24H21N3O5S2. The zero-order chi connectivity index (χ0) is 24.1. The lowest BCUT2D eigenvalue weighted by Gasteiger charge is -2.07. The van der Waals surface area contributed by atoms with Crippen LogP contribution in [0, 0.1) is 17.0 Å². The Labute approximate surface area is 204 Å². The normalized spacial score (nSPS) is 10.6. The maximum atomic E-state index is 12.6. The molecule has 0 saturated heterocycles. The van der Waals surface area contributed by atoms with Crippen molar-refractivity contribution < 1.29 is 19.2 Å². The van der Waals surface area contributed by atoms with E-state index in [-0.39, 0.29) is 9.88 Å². The molecule has 0 saturated carbocycles. The quantitative estimate of drug-likeness (QED) is 0.200. The van der Waals surface area contributed by atoms with Crippen LogP contribution in [-0.2, 0) is 0 Å². The molecule has 174 valence electrons. The molecule has 0 aliphatic carbocycles. The van der Waals surface area contributed by atoms with Crippen molar-refractivity contribution in [1.82, 2.24) is 4.98 Å². The van der Waals surface area contributed by atoms with Gasteiger partial charge in [-0.3, -0.25) is 20.2 Å². The standard InChI is InChI=1S/C24H21N3O5S2/c1-3-14-31-17-10-6-16(7-11-17)21-23(32-18-8-4-15(2)5-9-18)34-24(25-21)26-22(28)19-12-13-20(33-19)27(29)30/h4-13H,3,14H2,1-2H3,(H,25,26,28). The monoisotopic (exact) mass is 495 g/mol. The Morgan fingerprint density at radius 1 is 1.03 bits per heavy atom. The first-order valence-corrected chi connectivity index (χ1v) is 12.1. The predicted molar refractivity (Wildman–Crippen MR) is 134 cm³/mol. The van der Waals surface area contributed by atoms with Crippen molar-refractivity contribution in [2.75, 3.05) is 11.9 Å². The van der Waals surface area contributed by atoms with E-state index < -0.39 is 10.8 Å². The van der Waals surface area contributed by atoms with E-state index in [0.29, 0.717) is 28.2 Å². The van der Waals surface area contributed by atoms with Gasteiger partial charge in [0, 0.05) is 11.6 Å². The lowest BCUT2D eigenvalue weighted by molar-refractivity contribution is -0.380. The molecule has 0 aliphatic rings. The third kappa shape index (κ3) is 5.59. The van der Waals surface area contributed by atoms with Crippen molar-refractivity contribution in [3.8, 4) is 27.8 Å². The molecule has 0 atom stereocenters. The van der Waals surface area contributed by atoms with Crippen LogP contribution in [0.3, 0.4) is 0 Å². The Morgan fingerprint density at radius 2 is 1.74 bits per heavy atom. The number of aromatic nitrogens is 1. The third-order valence-corrected chi connectivity index (χ3v) is 6.53. The van der Waals surface area contributed by atoms with Crippen LogP contribution < -0.4 is 14.8 Å². The molecule has 0 spiro atoms. The predicted octanol–water partition coefficient (Wildman–Crippen LogP) is 6.92. The fourth-order valence-corrected chi connectivity index (χ4v) is 4.53. The minimum atomic E-state index is -0.523. The smallest absolute Gasteiger partial charge is 0.324 e. The number of nitrogens with zero attached hydrogens (tertiary/aromatic N) is 2. The van der Waals surface area contributed by atoms with Gasteiger partial charge < -0.3 is 9.47 Å². The zero-order valence-electron chi connectivity index (χ0n) is 18.4. The number of rotatable bonds is 9. The number of thiazole rings is 1. The summed E-state index contributed by atoms with van der Waals surface area (Å²) in [5, 5.41) is 14.4. The van der Waals surface area contributed by atoms with E-state index in [9.17, 15) is 14.9 Å². The number of carbonyl (C=O) groups is 1. The summed E-state index contributed by atoms with van der Waals surface area (Å²) >= 11 is 1.99. The minimum absolute atomic E-state index is 0.0984. The average Bonchev–Trinajstić information content (AvgIpc) is 3.47. The van der Waals surface area contributed by atoms with Crippen molar-refractivity contribution >= 4 is 38.7 Å². The molecule has 0 radical (unpaired) electrons. The molecule has 0 bridgehead atoms. The van der Waals surface area contributed by atoms with Gasteiger partial charge >= 0.3 is 5.00 Å². The molecule has 0 aliphatic heterocycles. The molecule has 1 N–H and O–H groups in total. The molecular weight excluding hydrogens is 474 g/mol. The summed E-state index contributed by atoms with van der Waals surface area (Å²) in [6.45, 7) is 4.67. The van der Waals surface area contributed by atoms with Crippen LogP contribution in [0.25, 0.3) is 11.3 Å². The Hall–Kier alpha value is -3.76. The first-order chi connectivity index (χ1) is 16.4. The largest absolute Gasteiger partial charge is 0.494 e. The van der Waals surface area contributed by atoms with Crippen molar-refractivity contribution in [1.29, 1.82) is 0 Å². The van der Waals surface area contributed by atoms with Crippen LogP contribution in [0.15, 0.2) is 60.7 Å². The van der Waals surface area contributed by atoms with Gasteiger partial charge in [-0.05, 0) is 55.8 Å². The van der Waals surface area contributed by atoms with E-state index in [1.54, 1.807) is 0 Å². The number of hydrogen-bond donors (Lipinski definition) is 1. The number of hydrogen-bond acceptors (Lipinski definition) is 8. The van der Waals surface area contributed by atoms with Crippen LogP contribution in [0.5, 0.6) is 16.6 Å². The van der Waals surface area contributed by atoms with E-state index in [4.69, 9.17) is 9.47 Å². The van der Waals surface area contributed by atoms with Gasteiger partial charge in [0.25, 0.3) is 5.91 Å². The number of amides is 1. The van der Waals surface area contributed by atoms with Crippen LogP contribution >= 0.6 is 22.7 Å². The van der Waals surface area contributed by atoms with E-state index in [1.165, 1.54) is 23.5 Å². The van der Waals surface area contributed by atoms with E-state index in [0.717, 1.165) is 34.6 Å². The van der Waals surface area contributed by atoms with E-state index in [2.05, 4.69) is 10.3 Å². The summed E-state index contributed by atoms with van der Waals surface area (Å²) in [7, 11) is 0. The zero-order valence-corrected chi connectivity index (χ0v) is 20.1. The molecule has 1 amide bonds. The molecule has 0 unspecified atom stereocenters. The van der Waals surface area contributed by atoms with Crippen LogP contribution in [0.1, 0.15) is 28.6 Å². The summed E-state index contributed by atoms with van der Waals surface area (Å²) in [5.41, 5.74) is 2.48. The highest BCUT2D eigenvalue weighted by Crippen LogP contribution is 2.41. The molecule has 2 aromatic carbocycles. The summed E-state index contributed by atoms with van der Waals surface area (Å²) in [5.74, 6) is 0.934. The molecule has 8 nitrogen and oxygen atoms in total. The molecule has 2 aromatic heterocycles. The minimum Gasteiger partial charge on any atom is -0.494 e. The topological polar surface area (TPSA) is 104 Å². The van der Waals surface area contributed by atoms with Gasteiger partial charge in [0.15, 0.2) is 5.13 Å². The number of aryl methyl sites for hydroxylation is 1. The fourth-order valence-electron chi connectivity index (χ4n) is 2.96. The molecule has 10 heteroatoms. The maximum Gasteiger partial charge on any atom is 0.324 e. The van der Waals surface area contributed by atoms with Crippen molar-refractivity contribution in [2.45, 2.75) is 20.3 Å². The second kappa shape index (κ2) is 10.4. The van der Waals surface area contributed by atoms with Gasteiger partial charge in [0.1, 0.15) is 17.2 Å². The Kier molecular flexibility index (Phi) is 7.19. The van der Waals surface area contributed by atoms with Gasteiger partial charge in [0.05, 0.1) is 16.4 Å². The van der Waals surface area contributed by atoms with Crippen LogP contribution in [-0.4, -0.2) is 22.4 Å². The van der Waals surface area contributed by atoms with Gasteiger partial charge in [-0.25, -0.2) is 4.98 Å². The molecule has 34 heavy (non-hydrogen) atoms. The average molecular weight is 496 g/mol. The summed E-state index contributed by atoms with van der Waals surface area (Å²) in [4.78, 5) is 27.8. The highest BCUT2D eigenvalue weighted by molar-refractivity contribution is 7.19. The number of carbonyl (C=O) groups excluding carboxylic acids is 1. The molecule has 4 rings (SSSR count). The van der Waals surface area contributed by atoms with Crippen molar-refractivity contribution in [3.05, 3.63) is 81.2 Å². The first kappa shape index (κ1) is 23.4. The molecule has 0 fully saturated rings. The SMILES string of the molecule is CCCOc1ccc(-c2nc(NC(=O)c3ccc([N+](=O)[O-])s3)sc2Oc2ccc(C)cc2)cc1. The number of nitrogens with one attached hydrogen (secondary N) is 1. The highest BCUT2D eigenvalue weighted by atomic mass is 32.1. The number of thiophene rings is 1. The fraction of sp³-hybridized carbons (Fsp3) is 0.167. The second-order valence-corrected chi connectivity index (χ2v) is 9.32. The van der Waals surface area contributed by atoms with Crippen LogP contribution in [0.2, 0.25) is 0 Å². The van der Waals surface area contributed by atoms with Gasteiger partial charge in [-0.1, -0.05) is 47.3 Å². The third-order valence-electron chi connectivity index (χ3n) is 4.64. The number of ether oxygens (including phenoxy) is 2. The second-order valence-electron chi connectivity index (χ2n) is 7.29. The van der Waals surface area contributed by atoms with Gasteiger partial charge in [0.2, 0.25) is 5.06 Å². The maximum absolute atomic E-state index is 12.6.